The van der Waals surface area contributed by atoms with Gasteiger partial charge in [-0.3, -0.25) is 0 Å². The van der Waals surface area contributed by atoms with Crippen molar-refractivity contribution in [3.05, 3.63) is 33.8 Å². The number of benzene rings is 1. The Kier molecular flexibility index (Phi) is 3.36. The molecule has 1 aliphatic rings. The molecule has 2 rings (SSSR count). The van der Waals surface area contributed by atoms with Gasteiger partial charge in [0.1, 0.15) is 0 Å². The summed E-state index contributed by atoms with van der Waals surface area (Å²) in [5.41, 5.74) is 0.440. The molecule has 1 nitrogen and oxygen atoms in total. The lowest BCUT2D eigenvalue weighted by Crippen LogP contribution is -2.27. The van der Waals surface area contributed by atoms with Crippen LogP contribution in [0.25, 0.3) is 0 Å². The SMILES string of the molecule is Fc1c(Br)ccc(C2CCCCN2)c1F. The molecule has 0 bridgehead atoms. The fraction of sp³-hybridized carbons (Fsp3) is 0.455. The molecule has 0 amide bonds. The molecule has 0 aromatic heterocycles. The highest BCUT2D eigenvalue weighted by Crippen LogP contribution is 2.29. The van der Waals surface area contributed by atoms with E-state index in [9.17, 15) is 8.78 Å². The number of rotatable bonds is 1. The molecular weight excluding hydrogens is 264 g/mol. The van der Waals surface area contributed by atoms with E-state index in [0.717, 1.165) is 25.8 Å². The molecule has 1 aliphatic heterocycles. The van der Waals surface area contributed by atoms with Crippen molar-refractivity contribution in [3.8, 4) is 0 Å². The van der Waals surface area contributed by atoms with Crippen molar-refractivity contribution in [1.82, 2.24) is 5.32 Å². The summed E-state index contributed by atoms with van der Waals surface area (Å²) in [6, 6.07) is 3.16. The predicted octanol–water partition coefficient (Wildman–Crippen LogP) is 3.54. The third-order valence-corrected chi connectivity index (χ3v) is 3.36. The van der Waals surface area contributed by atoms with E-state index in [1.807, 2.05) is 0 Å². The predicted molar refractivity (Wildman–Crippen MR) is 58.7 cm³/mol. The second-order valence-corrected chi connectivity index (χ2v) is 4.62. The van der Waals surface area contributed by atoms with Gasteiger partial charge in [0.15, 0.2) is 11.6 Å². The van der Waals surface area contributed by atoms with Crippen LogP contribution in [0.4, 0.5) is 8.78 Å². The standard InChI is InChI=1S/C11H12BrF2N/c12-8-5-4-7(10(13)11(8)14)9-3-1-2-6-15-9/h4-5,9,15H,1-3,6H2. The monoisotopic (exact) mass is 275 g/mol. The molecule has 0 saturated carbocycles. The van der Waals surface area contributed by atoms with Crippen LogP contribution in [-0.4, -0.2) is 6.54 Å². The molecule has 0 spiro atoms. The lowest BCUT2D eigenvalue weighted by Gasteiger charge is -2.24. The maximum Gasteiger partial charge on any atom is 0.173 e. The average molecular weight is 276 g/mol. The van der Waals surface area contributed by atoms with Gasteiger partial charge < -0.3 is 5.32 Å². The smallest absolute Gasteiger partial charge is 0.173 e. The third-order valence-electron chi connectivity index (χ3n) is 2.75. The van der Waals surface area contributed by atoms with Crippen LogP contribution in [0.15, 0.2) is 16.6 Å². The van der Waals surface area contributed by atoms with E-state index in [2.05, 4.69) is 21.2 Å². The van der Waals surface area contributed by atoms with E-state index in [1.165, 1.54) is 0 Å². The van der Waals surface area contributed by atoms with Crippen LogP contribution in [0.2, 0.25) is 0 Å². The van der Waals surface area contributed by atoms with Crippen LogP contribution in [0.5, 0.6) is 0 Å². The fourth-order valence-corrected chi connectivity index (χ4v) is 2.23. The van der Waals surface area contributed by atoms with Gasteiger partial charge in [0.25, 0.3) is 0 Å². The molecule has 0 aliphatic carbocycles. The minimum Gasteiger partial charge on any atom is -0.310 e. The van der Waals surface area contributed by atoms with Crippen molar-refractivity contribution < 1.29 is 8.78 Å². The number of piperidine rings is 1. The summed E-state index contributed by atoms with van der Waals surface area (Å²) < 4.78 is 27.1. The van der Waals surface area contributed by atoms with E-state index < -0.39 is 11.6 Å². The Labute approximate surface area is 96.0 Å². The number of hydrogen-bond acceptors (Lipinski definition) is 1. The van der Waals surface area contributed by atoms with Gasteiger partial charge in [-0.15, -0.1) is 0 Å². The summed E-state index contributed by atoms with van der Waals surface area (Å²) in [7, 11) is 0. The molecule has 1 N–H and O–H groups in total. The zero-order valence-electron chi connectivity index (χ0n) is 8.19. The maximum absolute atomic E-state index is 13.6. The maximum atomic E-state index is 13.6. The zero-order chi connectivity index (χ0) is 10.8. The molecule has 15 heavy (non-hydrogen) atoms. The molecule has 1 unspecified atom stereocenters. The topological polar surface area (TPSA) is 12.0 Å². The molecule has 1 heterocycles. The first kappa shape index (κ1) is 11.0. The van der Waals surface area contributed by atoms with Crippen LogP contribution in [0, 0.1) is 11.6 Å². The van der Waals surface area contributed by atoms with Crippen LogP contribution in [0.1, 0.15) is 30.9 Å². The fourth-order valence-electron chi connectivity index (χ4n) is 1.93. The van der Waals surface area contributed by atoms with Crippen LogP contribution in [-0.2, 0) is 0 Å². The Balaban J connectivity index is 2.31. The summed E-state index contributed by atoms with van der Waals surface area (Å²) >= 11 is 2.97. The summed E-state index contributed by atoms with van der Waals surface area (Å²) in [5.74, 6) is -1.52. The molecule has 1 aromatic carbocycles. The summed E-state index contributed by atoms with van der Waals surface area (Å²) in [4.78, 5) is 0. The van der Waals surface area contributed by atoms with Crippen molar-refractivity contribution in [2.24, 2.45) is 0 Å². The molecule has 1 fully saturated rings. The highest BCUT2D eigenvalue weighted by Gasteiger charge is 2.21. The Morgan fingerprint density at radius 3 is 2.67 bits per heavy atom. The van der Waals surface area contributed by atoms with Crippen molar-refractivity contribution in [1.29, 1.82) is 0 Å². The zero-order valence-corrected chi connectivity index (χ0v) is 9.78. The summed E-state index contributed by atoms with van der Waals surface area (Å²) in [6.07, 6.45) is 3.05. The van der Waals surface area contributed by atoms with Gasteiger partial charge >= 0.3 is 0 Å². The lowest BCUT2D eigenvalue weighted by molar-refractivity contribution is 0.390. The average Bonchev–Trinajstić information content (AvgIpc) is 2.27. The number of halogens is 3. The highest BCUT2D eigenvalue weighted by atomic mass is 79.9. The van der Waals surface area contributed by atoms with Gasteiger partial charge in [-0.25, -0.2) is 8.78 Å². The molecule has 1 aromatic rings. The van der Waals surface area contributed by atoms with Crippen LogP contribution >= 0.6 is 15.9 Å². The van der Waals surface area contributed by atoms with Gasteiger partial charge in [0.2, 0.25) is 0 Å². The molecule has 1 atom stereocenters. The quantitative estimate of drug-likeness (QED) is 0.773. The van der Waals surface area contributed by atoms with E-state index >= 15 is 0 Å². The van der Waals surface area contributed by atoms with Gasteiger partial charge in [0, 0.05) is 11.6 Å². The van der Waals surface area contributed by atoms with Crippen molar-refractivity contribution in [3.63, 3.8) is 0 Å². The summed E-state index contributed by atoms with van der Waals surface area (Å²) in [6.45, 7) is 0.877. The van der Waals surface area contributed by atoms with Crippen LogP contribution < -0.4 is 5.32 Å². The Bertz CT molecular complexity index is 362. The Morgan fingerprint density at radius 2 is 2.00 bits per heavy atom. The minimum atomic E-state index is -0.792. The minimum absolute atomic E-state index is 0.0404. The first-order valence-corrected chi connectivity index (χ1v) is 5.86. The molecule has 1 saturated heterocycles. The third kappa shape index (κ3) is 2.21. The molecule has 0 radical (unpaired) electrons. The van der Waals surface area contributed by atoms with Crippen LogP contribution in [0.3, 0.4) is 0 Å². The molecule has 4 heteroatoms. The van der Waals surface area contributed by atoms with Crippen molar-refractivity contribution in [2.45, 2.75) is 25.3 Å². The van der Waals surface area contributed by atoms with E-state index in [0.29, 0.717) is 5.56 Å². The first-order chi connectivity index (χ1) is 7.20. The molecule has 82 valence electrons. The second-order valence-electron chi connectivity index (χ2n) is 3.77. The second kappa shape index (κ2) is 4.58. The Hall–Kier alpha value is -0.480. The van der Waals surface area contributed by atoms with Crippen molar-refractivity contribution in [2.75, 3.05) is 6.54 Å². The van der Waals surface area contributed by atoms with Gasteiger partial charge in [-0.05, 0) is 41.4 Å². The van der Waals surface area contributed by atoms with E-state index in [1.54, 1.807) is 12.1 Å². The number of nitrogens with one attached hydrogen (secondary N) is 1. The molecular formula is C11H12BrF2N. The highest BCUT2D eigenvalue weighted by molar-refractivity contribution is 9.10. The van der Waals surface area contributed by atoms with E-state index in [4.69, 9.17) is 0 Å². The lowest BCUT2D eigenvalue weighted by atomic mass is 9.97. The number of hydrogen-bond donors (Lipinski definition) is 1. The van der Waals surface area contributed by atoms with Gasteiger partial charge in [0.05, 0.1) is 4.47 Å². The Morgan fingerprint density at radius 1 is 1.20 bits per heavy atom. The van der Waals surface area contributed by atoms with E-state index in [-0.39, 0.29) is 10.5 Å². The van der Waals surface area contributed by atoms with Crippen molar-refractivity contribution >= 4 is 15.9 Å². The van der Waals surface area contributed by atoms with Gasteiger partial charge in [-0.1, -0.05) is 12.5 Å². The largest absolute Gasteiger partial charge is 0.310 e. The normalized spacial score (nSPS) is 21.7. The first-order valence-electron chi connectivity index (χ1n) is 5.07. The summed E-state index contributed by atoms with van der Waals surface area (Å²) in [5, 5.41) is 3.20. The van der Waals surface area contributed by atoms with Gasteiger partial charge in [-0.2, -0.15) is 0 Å².